The Labute approximate surface area is 82.6 Å². The second-order valence-corrected chi connectivity index (χ2v) is 3.20. The fourth-order valence-corrected chi connectivity index (χ4v) is 1.38. The molecule has 0 amide bonds. The fraction of sp³-hybridized carbons (Fsp3) is 0.182. The summed E-state index contributed by atoms with van der Waals surface area (Å²) in [7, 11) is 0. The Kier molecular flexibility index (Phi) is 2.60. The summed E-state index contributed by atoms with van der Waals surface area (Å²) in [6.07, 6.45) is 3.84. The van der Waals surface area contributed by atoms with Crippen molar-refractivity contribution in [3.05, 3.63) is 54.2 Å². The number of hydrogen-bond acceptors (Lipinski definition) is 3. The Balaban J connectivity index is 2.06. The third kappa shape index (κ3) is 2.00. The monoisotopic (exact) mass is 188 g/mol. The van der Waals surface area contributed by atoms with Gasteiger partial charge in [-0.05, 0) is 12.0 Å². The van der Waals surface area contributed by atoms with E-state index < -0.39 is 0 Å². The van der Waals surface area contributed by atoms with Crippen molar-refractivity contribution in [2.45, 2.75) is 12.5 Å². The molecule has 2 aromatic rings. The first-order valence-corrected chi connectivity index (χ1v) is 4.54. The zero-order valence-electron chi connectivity index (χ0n) is 7.76. The van der Waals surface area contributed by atoms with Gasteiger partial charge < -0.3 is 10.2 Å². The van der Waals surface area contributed by atoms with Crippen LogP contribution >= 0.6 is 0 Å². The lowest BCUT2D eigenvalue weighted by Gasteiger charge is -2.07. The molecule has 0 aliphatic heterocycles. The highest BCUT2D eigenvalue weighted by Gasteiger charge is 2.09. The van der Waals surface area contributed by atoms with Gasteiger partial charge in [-0.2, -0.15) is 0 Å². The molecule has 2 N–H and O–H groups in total. The van der Waals surface area contributed by atoms with Crippen LogP contribution in [0.25, 0.3) is 0 Å². The molecule has 1 atom stereocenters. The van der Waals surface area contributed by atoms with E-state index in [1.807, 2.05) is 18.2 Å². The smallest absolute Gasteiger partial charge is 0.180 e. The quantitative estimate of drug-likeness (QED) is 0.800. The van der Waals surface area contributed by atoms with Gasteiger partial charge in [0.15, 0.2) is 6.39 Å². The number of oxazole rings is 1. The first-order chi connectivity index (χ1) is 6.86. The summed E-state index contributed by atoms with van der Waals surface area (Å²) in [6, 6.07) is 9.99. The van der Waals surface area contributed by atoms with Gasteiger partial charge in [-0.1, -0.05) is 30.3 Å². The molecule has 0 spiro atoms. The predicted molar refractivity (Wildman–Crippen MR) is 53.6 cm³/mol. The first-order valence-electron chi connectivity index (χ1n) is 4.54. The summed E-state index contributed by atoms with van der Waals surface area (Å²) < 4.78 is 5.13. The highest BCUT2D eigenvalue weighted by Crippen LogP contribution is 2.14. The van der Waals surface area contributed by atoms with Crippen LogP contribution in [0.2, 0.25) is 0 Å². The molecule has 2 rings (SSSR count). The van der Waals surface area contributed by atoms with E-state index in [4.69, 9.17) is 10.2 Å². The van der Waals surface area contributed by atoms with Gasteiger partial charge in [0.1, 0.15) is 5.76 Å². The molecule has 0 unspecified atom stereocenters. The second-order valence-electron chi connectivity index (χ2n) is 3.20. The lowest BCUT2D eigenvalue weighted by Crippen LogP contribution is -2.12. The molecule has 0 aliphatic rings. The Morgan fingerprint density at radius 3 is 2.71 bits per heavy atom. The third-order valence-corrected chi connectivity index (χ3v) is 2.12. The van der Waals surface area contributed by atoms with Gasteiger partial charge in [0.2, 0.25) is 0 Å². The number of hydrogen-bond donors (Lipinski definition) is 1. The van der Waals surface area contributed by atoms with Gasteiger partial charge in [-0.3, -0.25) is 0 Å². The van der Waals surface area contributed by atoms with Crippen molar-refractivity contribution in [2.24, 2.45) is 5.73 Å². The molecule has 0 saturated heterocycles. The Hall–Kier alpha value is -1.61. The maximum Gasteiger partial charge on any atom is 0.180 e. The van der Waals surface area contributed by atoms with Crippen LogP contribution in [-0.4, -0.2) is 4.98 Å². The summed E-state index contributed by atoms with van der Waals surface area (Å²) in [5.74, 6) is 0.730. The largest absolute Gasteiger partial charge is 0.447 e. The van der Waals surface area contributed by atoms with Crippen molar-refractivity contribution in [3.63, 3.8) is 0 Å². The van der Waals surface area contributed by atoms with Crippen molar-refractivity contribution in [2.75, 3.05) is 0 Å². The molecule has 0 bridgehead atoms. The van der Waals surface area contributed by atoms with Crippen LogP contribution < -0.4 is 5.73 Å². The molecule has 3 nitrogen and oxygen atoms in total. The molecule has 0 saturated carbocycles. The van der Waals surface area contributed by atoms with Crippen LogP contribution in [-0.2, 0) is 6.42 Å². The molecule has 1 aromatic carbocycles. The Bertz CT molecular complexity index is 369. The zero-order chi connectivity index (χ0) is 9.80. The third-order valence-electron chi connectivity index (χ3n) is 2.12. The van der Waals surface area contributed by atoms with Crippen LogP contribution in [0.5, 0.6) is 0 Å². The summed E-state index contributed by atoms with van der Waals surface area (Å²) in [5, 5.41) is 0. The van der Waals surface area contributed by atoms with E-state index in [9.17, 15) is 0 Å². The number of benzene rings is 1. The fourth-order valence-electron chi connectivity index (χ4n) is 1.38. The lowest BCUT2D eigenvalue weighted by atomic mass is 10.1. The highest BCUT2D eigenvalue weighted by atomic mass is 16.3. The van der Waals surface area contributed by atoms with Crippen LogP contribution in [0.3, 0.4) is 0 Å². The van der Waals surface area contributed by atoms with Gasteiger partial charge in [-0.25, -0.2) is 4.98 Å². The van der Waals surface area contributed by atoms with E-state index in [1.165, 1.54) is 12.0 Å². The summed E-state index contributed by atoms with van der Waals surface area (Å²) in [6.45, 7) is 0. The minimum atomic E-state index is -0.111. The summed E-state index contributed by atoms with van der Waals surface area (Å²) in [4.78, 5) is 3.84. The maximum atomic E-state index is 5.94. The van der Waals surface area contributed by atoms with E-state index in [1.54, 1.807) is 6.20 Å². The van der Waals surface area contributed by atoms with Crippen LogP contribution in [0.4, 0.5) is 0 Å². The Morgan fingerprint density at radius 1 is 1.29 bits per heavy atom. The van der Waals surface area contributed by atoms with E-state index in [0.717, 1.165) is 12.2 Å². The van der Waals surface area contributed by atoms with Gasteiger partial charge in [0.25, 0.3) is 0 Å². The second kappa shape index (κ2) is 4.07. The van der Waals surface area contributed by atoms with Crippen molar-refractivity contribution in [1.29, 1.82) is 0 Å². The van der Waals surface area contributed by atoms with E-state index in [0.29, 0.717) is 0 Å². The normalized spacial score (nSPS) is 12.6. The van der Waals surface area contributed by atoms with Gasteiger partial charge in [0, 0.05) is 0 Å². The number of nitrogens with two attached hydrogens (primary N) is 1. The van der Waals surface area contributed by atoms with Crippen LogP contribution in [0, 0.1) is 0 Å². The van der Waals surface area contributed by atoms with Crippen LogP contribution in [0.1, 0.15) is 17.4 Å². The zero-order valence-corrected chi connectivity index (χ0v) is 7.76. The molecule has 72 valence electrons. The van der Waals surface area contributed by atoms with Crippen molar-refractivity contribution >= 4 is 0 Å². The van der Waals surface area contributed by atoms with Crippen molar-refractivity contribution in [1.82, 2.24) is 4.98 Å². The molecule has 3 heteroatoms. The van der Waals surface area contributed by atoms with E-state index in [-0.39, 0.29) is 6.04 Å². The molecule has 0 radical (unpaired) electrons. The maximum absolute atomic E-state index is 5.94. The molecule has 1 aromatic heterocycles. The molecular weight excluding hydrogens is 176 g/mol. The highest BCUT2D eigenvalue weighted by molar-refractivity contribution is 5.17. The number of nitrogens with zero attached hydrogens (tertiary/aromatic N) is 1. The average molecular weight is 188 g/mol. The molecule has 1 heterocycles. The van der Waals surface area contributed by atoms with Crippen molar-refractivity contribution < 1.29 is 4.42 Å². The molecule has 14 heavy (non-hydrogen) atoms. The standard InChI is InChI=1S/C11H12N2O/c12-10(11-7-13-8-14-11)6-9-4-2-1-3-5-9/h1-5,7-8,10H,6,12H2/t10-/m0/s1. The van der Waals surface area contributed by atoms with E-state index in [2.05, 4.69) is 17.1 Å². The summed E-state index contributed by atoms with van der Waals surface area (Å²) in [5.41, 5.74) is 7.14. The lowest BCUT2D eigenvalue weighted by molar-refractivity contribution is 0.461. The van der Waals surface area contributed by atoms with Crippen molar-refractivity contribution in [3.8, 4) is 0 Å². The number of rotatable bonds is 3. The minimum absolute atomic E-state index is 0.111. The predicted octanol–water partition coefficient (Wildman–Crippen LogP) is 1.92. The van der Waals surface area contributed by atoms with Crippen LogP contribution in [0.15, 0.2) is 47.3 Å². The SMILES string of the molecule is N[C@@H](Cc1ccccc1)c1cnco1. The summed E-state index contributed by atoms with van der Waals surface area (Å²) >= 11 is 0. The minimum Gasteiger partial charge on any atom is -0.447 e. The Morgan fingerprint density at radius 2 is 2.07 bits per heavy atom. The van der Waals surface area contributed by atoms with Gasteiger partial charge >= 0.3 is 0 Å². The van der Waals surface area contributed by atoms with E-state index >= 15 is 0 Å². The average Bonchev–Trinajstić information content (AvgIpc) is 2.72. The van der Waals surface area contributed by atoms with Gasteiger partial charge in [0.05, 0.1) is 12.2 Å². The molecular formula is C11H12N2O. The first kappa shape index (κ1) is 8.97. The number of aromatic nitrogens is 1. The topological polar surface area (TPSA) is 52.0 Å². The molecule has 0 fully saturated rings. The van der Waals surface area contributed by atoms with Gasteiger partial charge in [-0.15, -0.1) is 0 Å². The molecule has 0 aliphatic carbocycles.